The largest absolute Gasteiger partial charge is 0.457 e. The monoisotopic (exact) mass is 632 g/mol. The van der Waals surface area contributed by atoms with Crippen molar-refractivity contribution in [2.45, 2.75) is 63.2 Å². The molecule has 6 nitrogen and oxygen atoms in total. The molecule has 7 heteroatoms. The highest BCUT2D eigenvalue weighted by Gasteiger charge is 2.30. The van der Waals surface area contributed by atoms with Crippen molar-refractivity contribution < 1.29 is 17.7 Å². The molecule has 2 unspecified atom stereocenters. The average molecular weight is 633 g/mol. The fraction of sp³-hybridized carbons (Fsp3) is 0.231. The van der Waals surface area contributed by atoms with E-state index in [1.165, 1.54) is 23.3 Å². The van der Waals surface area contributed by atoms with Crippen LogP contribution in [0.25, 0.3) is 0 Å². The molecular formula is C39H40N2O4S. The Labute approximate surface area is 272 Å². The molecule has 0 saturated heterocycles. The lowest BCUT2D eigenvalue weighted by Crippen LogP contribution is -2.13. The second kappa shape index (κ2) is 13.0. The van der Waals surface area contributed by atoms with Crippen LogP contribution in [-0.4, -0.2) is 13.0 Å². The first kappa shape index (κ1) is 31.4. The summed E-state index contributed by atoms with van der Waals surface area (Å²) in [6.45, 7) is 8.86. The molecule has 5 aromatic carbocycles. The third kappa shape index (κ3) is 6.39. The number of hydrogen-bond acceptors (Lipinski definition) is 5. The van der Waals surface area contributed by atoms with Crippen molar-refractivity contribution in [3.05, 3.63) is 137 Å². The standard InChI is InChI=1S/C39H40N2O4S/c1-5-25(3)31-11-7-9-13-35(31)40-28-17-21-33-37(23-28)45-38-24-29(41-36-14-10-8-12-32(36)26(4)6-2)18-22-34(38)39(33)27-15-19-30(20-16-27)46(42,43)44/h7-26,39-41H,5-6H2,1-4H3,(H,42,43,44). The Balaban J connectivity index is 1.41. The zero-order valence-electron chi connectivity index (χ0n) is 26.6. The van der Waals surface area contributed by atoms with Gasteiger partial charge in [-0.3, -0.25) is 4.55 Å². The van der Waals surface area contributed by atoms with E-state index in [2.05, 4.69) is 99.0 Å². The molecule has 3 N–H and O–H groups in total. The maximum Gasteiger partial charge on any atom is 0.294 e. The van der Waals surface area contributed by atoms with E-state index < -0.39 is 10.1 Å². The van der Waals surface area contributed by atoms with Crippen molar-refractivity contribution in [2.24, 2.45) is 0 Å². The maximum atomic E-state index is 11.8. The van der Waals surface area contributed by atoms with Gasteiger partial charge in [0.2, 0.25) is 0 Å². The van der Waals surface area contributed by atoms with E-state index in [1.807, 2.05) is 24.3 Å². The predicted octanol–water partition coefficient (Wildman–Crippen LogP) is 10.7. The van der Waals surface area contributed by atoms with Crippen LogP contribution in [0.3, 0.4) is 0 Å². The van der Waals surface area contributed by atoms with Crippen LogP contribution in [0, 0.1) is 0 Å². The molecule has 1 heterocycles. The van der Waals surface area contributed by atoms with Crippen LogP contribution in [-0.2, 0) is 10.1 Å². The summed E-state index contributed by atoms with van der Waals surface area (Å²) in [5, 5.41) is 7.24. The summed E-state index contributed by atoms with van der Waals surface area (Å²) in [5.74, 6) is 2.06. The lowest BCUT2D eigenvalue weighted by Gasteiger charge is -2.30. The van der Waals surface area contributed by atoms with Gasteiger partial charge >= 0.3 is 0 Å². The number of benzene rings is 5. The Bertz CT molecular complexity index is 1870. The summed E-state index contributed by atoms with van der Waals surface area (Å²) in [7, 11) is -4.31. The number of rotatable bonds is 10. The van der Waals surface area contributed by atoms with Gasteiger partial charge in [-0.1, -0.05) is 88.4 Å². The first-order valence-corrected chi connectivity index (χ1v) is 17.3. The van der Waals surface area contributed by atoms with E-state index in [-0.39, 0.29) is 10.8 Å². The summed E-state index contributed by atoms with van der Waals surface area (Å²) >= 11 is 0. The summed E-state index contributed by atoms with van der Waals surface area (Å²) < 4.78 is 39.8. The van der Waals surface area contributed by atoms with Crippen LogP contribution in [0.1, 0.15) is 86.1 Å². The minimum atomic E-state index is -4.31. The molecule has 0 fully saturated rings. The van der Waals surface area contributed by atoms with Gasteiger partial charge in [0.15, 0.2) is 0 Å². The topological polar surface area (TPSA) is 87.7 Å². The molecule has 2 atom stereocenters. The summed E-state index contributed by atoms with van der Waals surface area (Å²) in [5.41, 5.74) is 9.31. The van der Waals surface area contributed by atoms with E-state index in [4.69, 9.17) is 4.74 Å². The van der Waals surface area contributed by atoms with Gasteiger partial charge in [0.1, 0.15) is 11.5 Å². The number of anilines is 4. The van der Waals surface area contributed by atoms with Gasteiger partial charge in [-0.2, -0.15) is 8.42 Å². The molecular weight excluding hydrogens is 593 g/mol. The van der Waals surface area contributed by atoms with E-state index in [1.54, 1.807) is 12.1 Å². The van der Waals surface area contributed by atoms with Crippen LogP contribution in [0.15, 0.2) is 114 Å². The smallest absolute Gasteiger partial charge is 0.294 e. The Morgan fingerprint density at radius 2 is 1.13 bits per heavy atom. The lowest BCUT2D eigenvalue weighted by molar-refractivity contribution is 0.453. The van der Waals surface area contributed by atoms with E-state index in [0.717, 1.165) is 63.8 Å². The predicted molar refractivity (Wildman–Crippen MR) is 187 cm³/mol. The highest BCUT2D eigenvalue weighted by molar-refractivity contribution is 7.85. The third-order valence-electron chi connectivity index (χ3n) is 9.15. The lowest BCUT2D eigenvalue weighted by atomic mass is 9.82. The van der Waals surface area contributed by atoms with Crippen LogP contribution in [0.4, 0.5) is 22.7 Å². The quantitative estimate of drug-likeness (QED) is 0.130. The fourth-order valence-electron chi connectivity index (χ4n) is 6.19. The molecule has 236 valence electrons. The molecule has 1 aliphatic heterocycles. The molecule has 46 heavy (non-hydrogen) atoms. The Hall–Kier alpha value is -4.59. The number of hydrogen-bond donors (Lipinski definition) is 3. The van der Waals surface area contributed by atoms with Gasteiger partial charge in [0.05, 0.1) is 4.90 Å². The van der Waals surface area contributed by atoms with Gasteiger partial charge in [-0.05, 0) is 77.8 Å². The minimum Gasteiger partial charge on any atom is -0.457 e. The zero-order valence-corrected chi connectivity index (χ0v) is 27.4. The Morgan fingerprint density at radius 3 is 1.57 bits per heavy atom. The van der Waals surface area contributed by atoms with Crippen LogP contribution < -0.4 is 15.4 Å². The van der Waals surface area contributed by atoms with Gasteiger partial charge < -0.3 is 15.4 Å². The van der Waals surface area contributed by atoms with Crippen molar-refractivity contribution in [3.8, 4) is 11.5 Å². The van der Waals surface area contributed by atoms with Crippen molar-refractivity contribution in [1.29, 1.82) is 0 Å². The number of ether oxygens (including phenoxy) is 1. The number of fused-ring (bicyclic) bond motifs is 2. The maximum absolute atomic E-state index is 11.8. The Morgan fingerprint density at radius 1 is 0.674 bits per heavy atom. The average Bonchev–Trinajstić information content (AvgIpc) is 3.06. The number of nitrogens with one attached hydrogen (secondary N) is 2. The van der Waals surface area contributed by atoms with Crippen LogP contribution in [0.5, 0.6) is 11.5 Å². The van der Waals surface area contributed by atoms with Crippen LogP contribution >= 0.6 is 0 Å². The highest BCUT2D eigenvalue weighted by atomic mass is 32.2. The van der Waals surface area contributed by atoms with Crippen LogP contribution in [0.2, 0.25) is 0 Å². The van der Waals surface area contributed by atoms with Gasteiger partial charge in [0, 0.05) is 51.9 Å². The van der Waals surface area contributed by atoms with Gasteiger partial charge in [-0.15, -0.1) is 0 Å². The molecule has 0 aromatic heterocycles. The summed E-state index contributed by atoms with van der Waals surface area (Å²) in [6.07, 6.45) is 2.08. The first-order chi connectivity index (χ1) is 22.2. The molecule has 0 spiro atoms. The van der Waals surface area contributed by atoms with Gasteiger partial charge in [-0.25, -0.2) is 0 Å². The zero-order chi connectivity index (χ0) is 32.4. The number of para-hydroxylation sites is 2. The van der Waals surface area contributed by atoms with Crippen molar-refractivity contribution in [3.63, 3.8) is 0 Å². The minimum absolute atomic E-state index is 0.136. The second-order valence-electron chi connectivity index (χ2n) is 12.1. The molecule has 0 bridgehead atoms. The van der Waals surface area contributed by atoms with E-state index in [0.29, 0.717) is 11.8 Å². The SMILES string of the molecule is CCC(C)c1ccccc1Nc1ccc2c(c1)Oc1cc(Nc3ccccc3C(C)CC)ccc1C2c1ccc(S(=O)(=O)O)cc1. The second-order valence-corrected chi connectivity index (χ2v) is 13.5. The first-order valence-electron chi connectivity index (χ1n) is 15.9. The molecule has 0 aliphatic carbocycles. The molecule has 6 rings (SSSR count). The van der Waals surface area contributed by atoms with Crippen molar-refractivity contribution in [1.82, 2.24) is 0 Å². The van der Waals surface area contributed by atoms with Gasteiger partial charge in [0.25, 0.3) is 10.1 Å². The molecule has 5 aromatic rings. The summed E-state index contributed by atoms with van der Waals surface area (Å²) in [6, 6.07) is 35.5. The summed E-state index contributed by atoms with van der Waals surface area (Å²) in [4.78, 5) is -0.136. The molecule has 0 saturated carbocycles. The normalized spacial score (nSPS) is 15.2. The fourth-order valence-corrected chi connectivity index (χ4v) is 6.67. The molecule has 1 aliphatic rings. The van der Waals surface area contributed by atoms with Crippen molar-refractivity contribution >= 4 is 32.9 Å². The molecule has 0 amide bonds. The van der Waals surface area contributed by atoms with E-state index >= 15 is 0 Å². The van der Waals surface area contributed by atoms with Crippen molar-refractivity contribution in [2.75, 3.05) is 10.6 Å². The van der Waals surface area contributed by atoms with E-state index in [9.17, 15) is 13.0 Å². The highest BCUT2D eigenvalue weighted by Crippen LogP contribution is 2.49. The third-order valence-corrected chi connectivity index (χ3v) is 10.0. The Kier molecular flexibility index (Phi) is 8.89. The molecule has 0 radical (unpaired) electrons.